The summed E-state index contributed by atoms with van der Waals surface area (Å²) in [5, 5.41) is 3.18. The molecule has 1 aromatic carbocycles. The number of hydrogen-bond acceptors (Lipinski definition) is 4. The van der Waals surface area contributed by atoms with E-state index in [-0.39, 0.29) is 5.78 Å². The van der Waals surface area contributed by atoms with Gasteiger partial charge in [0.2, 0.25) is 5.78 Å². The number of benzene rings is 1. The molecule has 122 valence electrons. The predicted octanol–water partition coefficient (Wildman–Crippen LogP) is 3.41. The van der Waals surface area contributed by atoms with Crippen molar-refractivity contribution in [1.82, 2.24) is 4.98 Å². The van der Waals surface area contributed by atoms with Crippen LogP contribution in [0.2, 0.25) is 0 Å². The van der Waals surface area contributed by atoms with E-state index in [1.165, 1.54) is 7.11 Å². The fourth-order valence-corrected chi connectivity index (χ4v) is 2.59. The molecule has 2 aromatic rings. The molecular formula is C18H22N2O3. The van der Waals surface area contributed by atoms with E-state index in [9.17, 15) is 9.59 Å². The third-order valence-corrected chi connectivity index (χ3v) is 3.90. The van der Waals surface area contributed by atoms with Gasteiger partial charge in [-0.2, -0.15) is 0 Å². The van der Waals surface area contributed by atoms with Gasteiger partial charge in [0.05, 0.1) is 24.4 Å². The van der Waals surface area contributed by atoms with Crippen molar-refractivity contribution in [3.8, 4) is 0 Å². The SMILES string of the molecule is COC(=O)c1c(C)[nH]c(C(=O)[C@@H](C)Nc2ccc(C)cc2)c1C. The van der Waals surface area contributed by atoms with Crippen LogP contribution < -0.4 is 5.32 Å². The van der Waals surface area contributed by atoms with Crippen molar-refractivity contribution in [3.63, 3.8) is 0 Å². The maximum atomic E-state index is 12.7. The Morgan fingerprint density at radius 3 is 2.30 bits per heavy atom. The zero-order valence-electron chi connectivity index (χ0n) is 14.1. The molecule has 2 N–H and O–H groups in total. The third kappa shape index (κ3) is 3.44. The van der Waals surface area contributed by atoms with Crippen molar-refractivity contribution in [2.45, 2.75) is 33.7 Å². The van der Waals surface area contributed by atoms with E-state index in [1.54, 1.807) is 20.8 Å². The van der Waals surface area contributed by atoms with Crippen LogP contribution in [0.1, 0.15) is 44.6 Å². The third-order valence-electron chi connectivity index (χ3n) is 3.90. The number of ether oxygens (including phenoxy) is 1. The van der Waals surface area contributed by atoms with Crippen LogP contribution in [0.15, 0.2) is 24.3 Å². The molecule has 0 radical (unpaired) electrons. The molecule has 0 saturated carbocycles. The number of rotatable bonds is 5. The maximum absolute atomic E-state index is 12.7. The van der Waals surface area contributed by atoms with E-state index in [4.69, 9.17) is 4.74 Å². The second kappa shape index (κ2) is 6.69. The predicted molar refractivity (Wildman–Crippen MR) is 90.2 cm³/mol. The first-order valence-corrected chi connectivity index (χ1v) is 7.50. The Balaban J connectivity index is 2.23. The van der Waals surface area contributed by atoms with Crippen LogP contribution in [-0.4, -0.2) is 29.9 Å². The fourth-order valence-electron chi connectivity index (χ4n) is 2.59. The highest BCUT2D eigenvalue weighted by Crippen LogP contribution is 2.21. The number of anilines is 1. The monoisotopic (exact) mass is 314 g/mol. The van der Waals surface area contributed by atoms with Crippen LogP contribution in [0.25, 0.3) is 0 Å². The maximum Gasteiger partial charge on any atom is 0.339 e. The lowest BCUT2D eigenvalue weighted by Crippen LogP contribution is -2.27. The molecule has 1 atom stereocenters. The van der Waals surface area contributed by atoms with Crippen LogP contribution in [0.5, 0.6) is 0 Å². The minimum absolute atomic E-state index is 0.0960. The van der Waals surface area contributed by atoms with Gasteiger partial charge in [-0.05, 0) is 45.4 Å². The molecule has 5 heteroatoms. The zero-order valence-corrected chi connectivity index (χ0v) is 14.1. The first kappa shape index (κ1) is 16.8. The minimum Gasteiger partial charge on any atom is -0.465 e. The van der Waals surface area contributed by atoms with Crippen LogP contribution in [0, 0.1) is 20.8 Å². The van der Waals surface area contributed by atoms with E-state index >= 15 is 0 Å². The molecule has 0 aliphatic carbocycles. The largest absolute Gasteiger partial charge is 0.465 e. The van der Waals surface area contributed by atoms with E-state index < -0.39 is 12.0 Å². The molecule has 0 bridgehead atoms. The number of aromatic amines is 1. The van der Waals surface area contributed by atoms with Gasteiger partial charge in [0.15, 0.2) is 0 Å². The first-order valence-electron chi connectivity index (χ1n) is 7.50. The summed E-state index contributed by atoms with van der Waals surface area (Å²) in [5.74, 6) is -0.532. The number of Topliss-reactive ketones (excluding diaryl/α,β-unsaturated/α-hetero) is 1. The summed E-state index contributed by atoms with van der Waals surface area (Å²) in [4.78, 5) is 27.5. The highest BCUT2D eigenvalue weighted by atomic mass is 16.5. The van der Waals surface area contributed by atoms with Gasteiger partial charge in [-0.15, -0.1) is 0 Å². The lowest BCUT2D eigenvalue weighted by atomic mass is 10.0. The number of ketones is 1. The van der Waals surface area contributed by atoms with Crippen LogP contribution in [0.4, 0.5) is 5.69 Å². The van der Waals surface area contributed by atoms with E-state index in [2.05, 4.69) is 10.3 Å². The Kier molecular flexibility index (Phi) is 4.89. The molecule has 0 amide bonds. The quantitative estimate of drug-likeness (QED) is 0.655. The molecule has 2 rings (SSSR count). The van der Waals surface area contributed by atoms with E-state index in [1.807, 2.05) is 31.2 Å². The Hall–Kier alpha value is -2.56. The molecule has 23 heavy (non-hydrogen) atoms. The van der Waals surface area contributed by atoms with Crippen LogP contribution >= 0.6 is 0 Å². The average molecular weight is 314 g/mol. The van der Waals surface area contributed by atoms with Crippen molar-refractivity contribution >= 4 is 17.4 Å². The molecule has 0 unspecified atom stereocenters. The topological polar surface area (TPSA) is 71.2 Å². The molecule has 0 aliphatic rings. The molecule has 0 spiro atoms. The molecular weight excluding hydrogens is 292 g/mol. The number of carbonyl (C=O) groups excluding carboxylic acids is 2. The number of esters is 1. The van der Waals surface area contributed by atoms with Crippen molar-refractivity contribution in [3.05, 3.63) is 52.3 Å². The molecule has 0 fully saturated rings. The summed E-state index contributed by atoms with van der Waals surface area (Å²) in [6.45, 7) is 7.32. The summed E-state index contributed by atoms with van der Waals surface area (Å²) < 4.78 is 4.77. The average Bonchev–Trinajstić information content (AvgIpc) is 2.82. The number of aromatic nitrogens is 1. The number of H-pyrrole nitrogens is 1. The van der Waals surface area contributed by atoms with Gasteiger partial charge in [-0.25, -0.2) is 4.79 Å². The van der Waals surface area contributed by atoms with Gasteiger partial charge in [0.1, 0.15) is 0 Å². The fraction of sp³-hybridized carbons (Fsp3) is 0.333. The molecule has 0 saturated heterocycles. The Morgan fingerprint density at radius 1 is 1.13 bits per heavy atom. The lowest BCUT2D eigenvalue weighted by Gasteiger charge is -2.14. The Bertz CT molecular complexity index is 729. The molecule has 0 aliphatic heterocycles. The Labute approximate surface area is 136 Å². The van der Waals surface area contributed by atoms with Gasteiger partial charge in [-0.3, -0.25) is 4.79 Å². The summed E-state index contributed by atoms with van der Waals surface area (Å²) >= 11 is 0. The van der Waals surface area contributed by atoms with Gasteiger partial charge < -0.3 is 15.0 Å². The first-order chi connectivity index (χ1) is 10.8. The summed E-state index contributed by atoms with van der Waals surface area (Å²) in [6, 6.07) is 7.43. The van der Waals surface area contributed by atoms with Gasteiger partial charge in [0, 0.05) is 11.4 Å². The minimum atomic E-state index is -0.436. The van der Waals surface area contributed by atoms with E-state index in [0.29, 0.717) is 22.5 Å². The van der Waals surface area contributed by atoms with Crippen molar-refractivity contribution in [1.29, 1.82) is 0 Å². The molecule has 1 aromatic heterocycles. The van der Waals surface area contributed by atoms with E-state index in [0.717, 1.165) is 11.3 Å². The number of nitrogens with one attached hydrogen (secondary N) is 2. The van der Waals surface area contributed by atoms with Crippen molar-refractivity contribution in [2.75, 3.05) is 12.4 Å². The zero-order chi connectivity index (χ0) is 17.1. The Morgan fingerprint density at radius 2 is 1.74 bits per heavy atom. The van der Waals surface area contributed by atoms with Crippen LogP contribution in [-0.2, 0) is 4.74 Å². The summed E-state index contributed by atoms with van der Waals surface area (Å²) in [7, 11) is 1.33. The smallest absolute Gasteiger partial charge is 0.339 e. The van der Waals surface area contributed by atoms with Gasteiger partial charge in [-0.1, -0.05) is 17.7 Å². The normalized spacial score (nSPS) is 11.9. The number of methoxy groups -OCH3 is 1. The second-order valence-corrected chi connectivity index (χ2v) is 5.71. The van der Waals surface area contributed by atoms with Gasteiger partial charge >= 0.3 is 5.97 Å². The van der Waals surface area contributed by atoms with Crippen molar-refractivity contribution < 1.29 is 14.3 Å². The van der Waals surface area contributed by atoms with Gasteiger partial charge in [0.25, 0.3) is 0 Å². The van der Waals surface area contributed by atoms with Crippen molar-refractivity contribution in [2.24, 2.45) is 0 Å². The number of carbonyl (C=O) groups is 2. The standard InChI is InChI=1S/C18H22N2O3/c1-10-6-8-14(9-7-10)19-13(4)17(21)16-11(2)15(12(3)20-16)18(22)23-5/h6-9,13,19-20H,1-5H3/t13-/m1/s1. The molecule has 1 heterocycles. The number of aryl methyl sites for hydroxylation is 2. The molecule has 5 nitrogen and oxygen atoms in total. The lowest BCUT2D eigenvalue weighted by molar-refractivity contribution is 0.0599. The highest BCUT2D eigenvalue weighted by molar-refractivity contribution is 6.04. The van der Waals surface area contributed by atoms with Crippen LogP contribution in [0.3, 0.4) is 0 Å². The summed E-state index contributed by atoms with van der Waals surface area (Å²) in [6.07, 6.45) is 0. The second-order valence-electron chi connectivity index (χ2n) is 5.71. The highest BCUT2D eigenvalue weighted by Gasteiger charge is 2.25. The summed E-state index contributed by atoms with van der Waals surface area (Å²) in [5.41, 5.74) is 4.17. The number of hydrogen-bond donors (Lipinski definition) is 2.